The highest BCUT2D eigenvalue weighted by atomic mass is 15.3. The molecule has 0 atom stereocenters. The SMILES string of the molecule is CCNC(=NCc1ccccc1C)N(C)C. The van der Waals surface area contributed by atoms with Crippen molar-refractivity contribution >= 4 is 5.96 Å². The van der Waals surface area contributed by atoms with Crippen LogP contribution >= 0.6 is 0 Å². The van der Waals surface area contributed by atoms with Crippen LogP contribution < -0.4 is 5.32 Å². The Morgan fingerprint density at radius 1 is 1.31 bits per heavy atom. The Kier molecular flexibility index (Phi) is 4.83. The number of hydrogen-bond acceptors (Lipinski definition) is 1. The zero-order chi connectivity index (χ0) is 12.0. The Hall–Kier alpha value is -1.51. The van der Waals surface area contributed by atoms with E-state index in [1.165, 1.54) is 11.1 Å². The minimum absolute atomic E-state index is 0.729. The molecule has 1 rings (SSSR count). The summed E-state index contributed by atoms with van der Waals surface area (Å²) in [5.74, 6) is 0.936. The third-order valence-electron chi connectivity index (χ3n) is 2.42. The van der Waals surface area contributed by atoms with Crippen LogP contribution in [0.5, 0.6) is 0 Å². The van der Waals surface area contributed by atoms with E-state index in [2.05, 4.69) is 48.4 Å². The van der Waals surface area contributed by atoms with E-state index in [-0.39, 0.29) is 0 Å². The van der Waals surface area contributed by atoms with Crippen LogP contribution in [0, 0.1) is 6.92 Å². The number of rotatable bonds is 3. The molecule has 1 aromatic rings. The Morgan fingerprint density at radius 3 is 2.56 bits per heavy atom. The summed E-state index contributed by atoms with van der Waals surface area (Å²) in [5, 5.41) is 3.25. The maximum absolute atomic E-state index is 4.58. The van der Waals surface area contributed by atoms with Gasteiger partial charge >= 0.3 is 0 Å². The summed E-state index contributed by atoms with van der Waals surface area (Å²) in [6, 6.07) is 8.35. The fourth-order valence-electron chi connectivity index (χ4n) is 1.46. The van der Waals surface area contributed by atoms with Gasteiger partial charge in [0.2, 0.25) is 0 Å². The van der Waals surface area contributed by atoms with Gasteiger partial charge in [-0.05, 0) is 25.0 Å². The number of hydrogen-bond donors (Lipinski definition) is 1. The van der Waals surface area contributed by atoms with Crippen molar-refractivity contribution in [3.8, 4) is 0 Å². The second-order valence-electron chi connectivity index (χ2n) is 3.99. The molecular formula is C13H21N3. The van der Waals surface area contributed by atoms with Crippen LogP contribution in [0.3, 0.4) is 0 Å². The van der Waals surface area contributed by atoms with E-state index < -0.39 is 0 Å². The second kappa shape index (κ2) is 6.16. The van der Waals surface area contributed by atoms with Gasteiger partial charge in [0.1, 0.15) is 0 Å². The van der Waals surface area contributed by atoms with Crippen LogP contribution in [0.4, 0.5) is 0 Å². The molecule has 3 nitrogen and oxygen atoms in total. The maximum Gasteiger partial charge on any atom is 0.193 e. The predicted molar refractivity (Wildman–Crippen MR) is 69.7 cm³/mol. The molecule has 0 saturated heterocycles. The van der Waals surface area contributed by atoms with Gasteiger partial charge in [0, 0.05) is 20.6 Å². The number of aliphatic imine (C=N–C) groups is 1. The molecule has 16 heavy (non-hydrogen) atoms. The quantitative estimate of drug-likeness (QED) is 0.622. The van der Waals surface area contributed by atoms with Gasteiger partial charge in [-0.1, -0.05) is 24.3 Å². The lowest BCUT2D eigenvalue weighted by atomic mass is 10.1. The zero-order valence-corrected chi connectivity index (χ0v) is 10.6. The molecule has 0 fully saturated rings. The van der Waals surface area contributed by atoms with Gasteiger partial charge in [0.05, 0.1) is 6.54 Å². The minimum Gasteiger partial charge on any atom is -0.357 e. The molecule has 0 aromatic heterocycles. The Labute approximate surface area is 98.2 Å². The lowest BCUT2D eigenvalue weighted by molar-refractivity contribution is 0.583. The topological polar surface area (TPSA) is 27.6 Å². The van der Waals surface area contributed by atoms with Crippen molar-refractivity contribution in [1.82, 2.24) is 10.2 Å². The molecule has 0 amide bonds. The van der Waals surface area contributed by atoms with Crippen LogP contribution in [-0.4, -0.2) is 31.5 Å². The number of nitrogens with zero attached hydrogens (tertiary/aromatic N) is 2. The van der Waals surface area contributed by atoms with Crippen molar-refractivity contribution in [3.05, 3.63) is 35.4 Å². The minimum atomic E-state index is 0.729. The van der Waals surface area contributed by atoms with Crippen LogP contribution in [0.2, 0.25) is 0 Å². The summed E-state index contributed by atoms with van der Waals surface area (Å²) >= 11 is 0. The van der Waals surface area contributed by atoms with Gasteiger partial charge in [-0.3, -0.25) is 0 Å². The summed E-state index contributed by atoms with van der Waals surface area (Å²) in [5.41, 5.74) is 2.57. The highest BCUT2D eigenvalue weighted by Gasteiger charge is 2.00. The van der Waals surface area contributed by atoms with Crippen molar-refractivity contribution in [1.29, 1.82) is 0 Å². The Balaban J connectivity index is 2.73. The first kappa shape index (κ1) is 12.6. The van der Waals surface area contributed by atoms with Crippen LogP contribution in [-0.2, 0) is 6.54 Å². The molecule has 3 heteroatoms. The zero-order valence-electron chi connectivity index (χ0n) is 10.6. The van der Waals surface area contributed by atoms with Gasteiger partial charge in [0.15, 0.2) is 5.96 Å². The molecule has 0 bridgehead atoms. The summed E-state index contributed by atoms with van der Waals surface area (Å²) in [6.07, 6.45) is 0. The van der Waals surface area contributed by atoms with Crippen LogP contribution in [0.15, 0.2) is 29.3 Å². The van der Waals surface area contributed by atoms with E-state index in [1.54, 1.807) is 0 Å². The fraction of sp³-hybridized carbons (Fsp3) is 0.462. The van der Waals surface area contributed by atoms with Crippen molar-refractivity contribution < 1.29 is 0 Å². The van der Waals surface area contributed by atoms with E-state index >= 15 is 0 Å². The molecule has 0 saturated carbocycles. The van der Waals surface area contributed by atoms with Gasteiger partial charge in [-0.2, -0.15) is 0 Å². The fourth-order valence-corrected chi connectivity index (χ4v) is 1.46. The molecular weight excluding hydrogens is 198 g/mol. The van der Waals surface area contributed by atoms with Crippen molar-refractivity contribution in [2.75, 3.05) is 20.6 Å². The van der Waals surface area contributed by atoms with Gasteiger partial charge < -0.3 is 10.2 Å². The summed E-state index contributed by atoms with van der Waals surface area (Å²) in [7, 11) is 4.00. The smallest absolute Gasteiger partial charge is 0.193 e. The highest BCUT2D eigenvalue weighted by molar-refractivity contribution is 5.79. The Bertz CT molecular complexity index is 356. The molecule has 1 aromatic carbocycles. The molecule has 0 aliphatic rings. The monoisotopic (exact) mass is 219 g/mol. The first-order chi connectivity index (χ1) is 7.65. The third kappa shape index (κ3) is 3.57. The van der Waals surface area contributed by atoms with Gasteiger partial charge in [0.25, 0.3) is 0 Å². The average Bonchev–Trinajstić information content (AvgIpc) is 2.26. The second-order valence-corrected chi connectivity index (χ2v) is 3.99. The lowest BCUT2D eigenvalue weighted by Gasteiger charge is -2.16. The first-order valence-electron chi connectivity index (χ1n) is 5.65. The number of guanidine groups is 1. The summed E-state index contributed by atoms with van der Waals surface area (Å²) < 4.78 is 0. The molecule has 0 heterocycles. The molecule has 0 unspecified atom stereocenters. The molecule has 0 radical (unpaired) electrons. The van der Waals surface area contributed by atoms with E-state index in [4.69, 9.17) is 0 Å². The maximum atomic E-state index is 4.58. The van der Waals surface area contributed by atoms with Crippen molar-refractivity contribution in [2.45, 2.75) is 20.4 Å². The van der Waals surface area contributed by atoms with Crippen molar-refractivity contribution in [3.63, 3.8) is 0 Å². The van der Waals surface area contributed by atoms with Crippen LogP contribution in [0.25, 0.3) is 0 Å². The number of aryl methyl sites for hydroxylation is 1. The first-order valence-corrected chi connectivity index (χ1v) is 5.65. The number of nitrogens with one attached hydrogen (secondary N) is 1. The summed E-state index contributed by atoms with van der Waals surface area (Å²) in [6.45, 7) is 5.82. The van der Waals surface area contributed by atoms with Gasteiger partial charge in [-0.15, -0.1) is 0 Å². The standard InChI is InChI=1S/C13H21N3/c1-5-14-13(16(3)4)15-10-12-9-7-6-8-11(12)2/h6-9H,5,10H2,1-4H3,(H,14,15). The van der Waals surface area contributed by atoms with Crippen molar-refractivity contribution in [2.24, 2.45) is 4.99 Å². The molecule has 0 aliphatic heterocycles. The van der Waals surface area contributed by atoms with E-state index in [9.17, 15) is 0 Å². The average molecular weight is 219 g/mol. The normalized spacial score (nSPS) is 11.4. The summed E-state index contributed by atoms with van der Waals surface area (Å²) in [4.78, 5) is 6.58. The van der Waals surface area contributed by atoms with E-state index in [0.717, 1.165) is 19.0 Å². The molecule has 0 aliphatic carbocycles. The van der Waals surface area contributed by atoms with E-state index in [0.29, 0.717) is 0 Å². The number of benzene rings is 1. The molecule has 0 spiro atoms. The van der Waals surface area contributed by atoms with E-state index in [1.807, 2.05) is 19.0 Å². The predicted octanol–water partition coefficient (Wildman–Crippen LogP) is 2.02. The third-order valence-corrected chi connectivity index (χ3v) is 2.42. The molecule has 88 valence electrons. The molecule has 1 N–H and O–H groups in total. The largest absolute Gasteiger partial charge is 0.357 e. The highest BCUT2D eigenvalue weighted by Crippen LogP contribution is 2.08. The van der Waals surface area contributed by atoms with Gasteiger partial charge in [-0.25, -0.2) is 4.99 Å². The van der Waals surface area contributed by atoms with Crippen LogP contribution in [0.1, 0.15) is 18.1 Å². The lowest BCUT2D eigenvalue weighted by Crippen LogP contribution is -2.36. The Morgan fingerprint density at radius 2 is 2.00 bits per heavy atom.